The van der Waals surface area contributed by atoms with Crippen LogP contribution in [0.2, 0.25) is 0 Å². The summed E-state index contributed by atoms with van der Waals surface area (Å²) in [5, 5.41) is 0. The summed E-state index contributed by atoms with van der Waals surface area (Å²) in [6.07, 6.45) is 0. The molecule has 34 valence electrons. The zero-order chi connectivity index (χ0) is 2.71. The molecule has 0 amide bonds. The van der Waals surface area contributed by atoms with Crippen LogP contribution in [0.3, 0.4) is 0 Å². The fourth-order valence-electron chi connectivity index (χ4n) is 0. The summed E-state index contributed by atoms with van der Waals surface area (Å²) in [4.78, 5) is 8.35. The zero-order valence-electron chi connectivity index (χ0n) is 3.47. The first-order valence-corrected chi connectivity index (χ1v) is 1.10. The predicted molar refractivity (Wildman–Crippen MR) is 16.2 cm³/mol. The fourth-order valence-corrected chi connectivity index (χ4v) is 0. The molecule has 5 N–H and O–H groups in total. The Morgan fingerprint density at radius 1 is 1.50 bits per heavy atom. The van der Waals surface area contributed by atoms with Gasteiger partial charge in [0.25, 0.3) is 0 Å². The Kier molecular flexibility index (Phi) is 177. The minimum absolute atomic E-state index is 0. The Bertz CT molecular complexity index is 18.3. The van der Waals surface area contributed by atoms with Gasteiger partial charge in [0.15, 0.2) is 0 Å². The summed E-state index contributed by atoms with van der Waals surface area (Å²) in [5.74, 6) is 0. The second kappa shape index (κ2) is 37.8. The predicted octanol–water partition coefficient (Wildman–Crippen LogP) is -4.11. The molecule has 0 aliphatic heterocycles. The van der Waals surface area contributed by atoms with E-state index in [-0.39, 0.29) is 41.2 Å². The first-order valence-electron chi connectivity index (χ1n) is 0.365. The van der Waals surface area contributed by atoms with E-state index in [1.807, 2.05) is 0 Å². The Hall–Kier alpha value is 0.980. The fraction of sp³-hybridized carbons (Fsp3) is 0. The van der Waals surface area contributed by atoms with Gasteiger partial charge in [0.05, 0.1) is 8.69 Å². The van der Waals surface area contributed by atoms with Crippen LogP contribution in [-0.4, -0.2) is 5.48 Å². The minimum atomic E-state index is -1.08. The maximum atomic E-state index is 8.35. The molecule has 4 nitrogen and oxygen atoms in total. The Morgan fingerprint density at radius 2 is 1.50 bits per heavy atom. The zero-order valence-corrected chi connectivity index (χ0v) is 6.37. The monoisotopic (exact) mass is 121 g/mol. The molecule has 0 aromatic heterocycles. The standard InChI is InChI=1S/H3N.Na.HO2P.H2O/c;;1-3-2;/h1H3;;(H,1,2);1H2/q;+1;;/p-1. The average molecular weight is 121 g/mol. The molecule has 0 saturated heterocycles. The van der Waals surface area contributed by atoms with Crippen LogP contribution in [0.1, 0.15) is 0 Å². The molecule has 0 saturated carbocycles. The Balaban J connectivity index is -0.00000000667. The third-order valence-electron chi connectivity index (χ3n) is 0. The van der Waals surface area contributed by atoms with Gasteiger partial charge < -0.3 is 16.5 Å². The Morgan fingerprint density at radius 3 is 1.50 bits per heavy atom. The first kappa shape index (κ1) is 28.1. The van der Waals surface area contributed by atoms with E-state index in [1.165, 1.54) is 0 Å². The normalized spacial score (nSPS) is 3.50. The molecule has 0 aliphatic carbocycles. The summed E-state index contributed by atoms with van der Waals surface area (Å²) >= 11 is 0. The molecular weight excluding hydrogens is 116 g/mol. The molecule has 0 radical (unpaired) electrons. The molecule has 0 aliphatic rings. The second-order valence-electron chi connectivity index (χ2n) is 0.0745. The maximum Gasteiger partial charge on any atom is 1.00 e. The molecule has 0 atom stereocenters. The molecule has 0 aromatic rings. The van der Waals surface area contributed by atoms with Crippen molar-refractivity contribution in [1.82, 2.24) is 6.15 Å². The summed E-state index contributed by atoms with van der Waals surface area (Å²) in [6, 6.07) is 0. The van der Waals surface area contributed by atoms with Gasteiger partial charge in [-0.1, -0.05) is 0 Å². The molecular formula is H5NNaO3P. The SMILES string of the molecule is N.O.O=P[O-].[Na+]. The molecule has 0 heterocycles. The van der Waals surface area contributed by atoms with Gasteiger partial charge in [-0.25, -0.2) is 0 Å². The molecule has 6 heteroatoms. The largest absolute Gasteiger partial charge is 1.00 e. The van der Waals surface area contributed by atoms with E-state index < -0.39 is 8.69 Å². The van der Waals surface area contributed by atoms with Gasteiger partial charge >= 0.3 is 29.6 Å². The third-order valence-corrected chi connectivity index (χ3v) is 0. The van der Waals surface area contributed by atoms with Crippen molar-refractivity contribution >= 4 is 8.69 Å². The first-order chi connectivity index (χ1) is 1.41. The van der Waals surface area contributed by atoms with Crippen LogP contribution in [0.4, 0.5) is 0 Å². The van der Waals surface area contributed by atoms with E-state index in [1.54, 1.807) is 0 Å². The molecule has 0 aromatic carbocycles. The van der Waals surface area contributed by atoms with E-state index in [0.29, 0.717) is 0 Å². The van der Waals surface area contributed by atoms with Gasteiger partial charge in [0.2, 0.25) is 0 Å². The van der Waals surface area contributed by atoms with Crippen LogP contribution >= 0.6 is 8.69 Å². The molecule has 0 spiro atoms. The van der Waals surface area contributed by atoms with Crippen LogP contribution in [0, 0.1) is 0 Å². The van der Waals surface area contributed by atoms with Gasteiger partial charge in [-0.15, -0.1) is 0 Å². The van der Waals surface area contributed by atoms with Gasteiger partial charge in [-0.05, 0) is 0 Å². The van der Waals surface area contributed by atoms with Gasteiger partial charge in [-0.3, -0.25) is 4.57 Å². The quantitative estimate of drug-likeness (QED) is 0.260. The van der Waals surface area contributed by atoms with Crippen molar-refractivity contribution in [1.29, 1.82) is 0 Å². The van der Waals surface area contributed by atoms with Crippen LogP contribution in [0.25, 0.3) is 0 Å². The molecule has 0 fully saturated rings. The summed E-state index contributed by atoms with van der Waals surface area (Å²) in [6.45, 7) is 0. The summed E-state index contributed by atoms with van der Waals surface area (Å²) in [5.41, 5.74) is 0. The average Bonchev–Trinajstić information content (AvgIpc) is 0.918. The third kappa shape index (κ3) is 82.1. The van der Waals surface area contributed by atoms with Crippen molar-refractivity contribution in [3.63, 3.8) is 0 Å². The van der Waals surface area contributed by atoms with Crippen molar-refractivity contribution in [3.8, 4) is 0 Å². The summed E-state index contributed by atoms with van der Waals surface area (Å²) < 4.78 is 8.35. The number of rotatable bonds is 0. The van der Waals surface area contributed by atoms with Crippen molar-refractivity contribution in [2.24, 2.45) is 0 Å². The van der Waals surface area contributed by atoms with Crippen LogP contribution in [0.5, 0.6) is 0 Å². The van der Waals surface area contributed by atoms with E-state index in [9.17, 15) is 0 Å². The van der Waals surface area contributed by atoms with Crippen molar-refractivity contribution in [3.05, 3.63) is 0 Å². The molecule has 0 unspecified atom stereocenters. The minimum Gasteiger partial charge on any atom is -0.772 e. The van der Waals surface area contributed by atoms with Crippen LogP contribution in [0.15, 0.2) is 0 Å². The van der Waals surface area contributed by atoms with Crippen molar-refractivity contribution in [2.75, 3.05) is 0 Å². The smallest absolute Gasteiger partial charge is 0.772 e. The van der Waals surface area contributed by atoms with Crippen LogP contribution < -0.4 is 40.6 Å². The molecule has 6 heavy (non-hydrogen) atoms. The van der Waals surface area contributed by atoms with Crippen LogP contribution in [-0.2, 0) is 4.57 Å². The van der Waals surface area contributed by atoms with Crippen molar-refractivity contribution < 1.29 is 44.5 Å². The topological polar surface area (TPSA) is 107 Å². The van der Waals surface area contributed by atoms with E-state index in [4.69, 9.17) is 9.46 Å². The van der Waals surface area contributed by atoms with Gasteiger partial charge in [0, 0.05) is 0 Å². The van der Waals surface area contributed by atoms with Crippen molar-refractivity contribution in [2.45, 2.75) is 0 Å². The van der Waals surface area contributed by atoms with Gasteiger partial charge in [-0.2, -0.15) is 0 Å². The maximum absolute atomic E-state index is 8.35. The summed E-state index contributed by atoms with van der Waals surface area (Å²) in [7, 11) is -1.08. The molecule has 0 rings (SSSR count). The Labute approximate surface area is 59.4 Å². The second-order valence-corrected chi connectivity index (χ2v) is 0.224. The van der Waals surface area contributed by atoms with E-state index >= 15 is 0 Å². The number of hydrogen-bond acceptors (Lipinski definition) is 3. The number of hydrogen-bond donors (Lipinski definition) is 1. The van der Waals surface area contributed by atoms with Gasteiger partial charge in [0.1, 0.15) is 0 Å². The molecule has 0 bridgehead atoms. The van der Waals surface area contributed by atoms with E-state index in [2.05, 4.69) is 0 Å². The van der Waals surface area contributed by atoms with E-state index in [0.717, 1.165) is 0 Å².